The van der Waals surface area contributed by atoms with E-state index < -0.39 is 17.8 Å². The molecule has 0 bridgehead atoms. The number of carbonyl (C=O) groups is 3. The van der Waals surface area contributed by atoms with Crippen LogP contribution in [0.25, 0.3) is 0 Å². The zero-order chi connectivity index (χ0) is 26.2. The van der Waals surface area contributed by atoms with E-state index in [2.05, 4.69) is 15.5 Å². The maximum absolute atomic E-state index is 13.0. The molecule has 2 aromatic heterocycles. The molecule has 0 atom stereocenters. The van der Waals surface area contributed by atoms with Gasteiger partial charge >= 0.3 is 11.9 Å². The standard InChI is InChI=1S/C23H25FN4O6S2/c1-5-32-21(30)18-13(3)19(22(31)33-6-2)36-20(18)25-17(29)12-35-23-27-26-16(28(23)4)11-34-15-9-7-14(24)8-10-15/h7-10H,5-6,11-12H2,1-4H3,(H,25,29). The molecule has 1 N–H and O–H groups in total. The van der Waals surface area contributed by atoms with Crippen molar-refractivity contribution in [2.75, 3.05) is 24.3 Å². The lowest BCUT2D eigenvalue weighted by Gasteiger charge is -2.08. The summed E-state index contributed by atoms with van der Waals surface area (Å²) in [6.45, 7) is 5.38. The summed E-state index contributed by atoms with van der Waals surface area (Å²) < 4.78 is 30.5. The highest BCUT2D eigenvalue weighted by atomic mass is 32.2. The zero-order valence-electron chi connectivity index (χ0n) is 20.1. The molecule has 1 aromatic carbocycles. The number of thioether (sulfide) groups is 1. The molecule has 0 aliphatic carbocycles. The van der Waals surface area contributed by atoms with Crippen molar-refractivity contribution in [3.63, 3.8) is 0 Å². The minimum atomic E-state index is -0.635. The maximum atomic E-state index is 13.0. The fraction of sp³-hybridized carbons (Fsp3) is 0.348. The highest BCUT2D eigenvalue weighted by molar-refractivity contribution is 7.99. The number of nitrogens with zero attached hydrogens (tertiary/aromatic N) is 3. The van der Waals surface area contributed by atoms with Crippen molar-refractivity contribution in [3.05, 3.63) is 51.9 Å². The number of esters is 2. The highest BCUT2D eigenvalue weighted by Gasteiger charge is 2.27. The van der Waals surface area contributed by atoms with E-state index in [1.807, 2.05) is 0 Å². The Kier molecular flexibility index (Phi) is 9.42. The first kappa shape index (κ1) is 27.1. The molecule has 3 aromatic rings. The Labute approximate surface area is 215 Å². The lowest BCUT2D eigenvalue weighted by atomic mass is 10.1. The minimum Gasteiger partial charge on any atom is -0.486 e. The predicted octanol–water partition coefficient (Wildman–Crippen LogP) is 3.99. The van der Waals surface area contributed by atoms with Crippen LogP contribution in [-0.2, 0) is 27.9 Å². The van der Waals surface area contributed by atoms with Gasteiger partial charge in [0, 0.05) is 7.05 Å². The number of carbonyl (C=O) groups excluding carboxylic acids is 3. The van der Waals surface area contributed by atoms with E-state index >= 15 is 0 Å². The number of nitrogens with one attached hydrogen (secondary N) is 1. The lowest BCUT2D eigenvalue weighted by molar-refractivity contribution is -0.113. The number of ether oxygens (including phenoxy) is 3. The van der Waals surface area contributed by atoms with Gasteiger partial charge in [0.05, 0.1) is 24.5 Å². The van der Waals surface area contributed by atoms with Crippen molar-refractivity contribution in [1.82, 2.24) is 14.8 Å². The van der Waals surface area contributed by atoms with Crippen LogP contribution in [0.15, 0.2) is 29.4 Å². The summed E-state index contributed by atoms with van der Waals surface area (Å²) in [5, 5.41) is 11.5. The van der Waals surface area contributed by atoms with Gasteiger partial charge in [-0.25, -0.2) is 14.0 Å². The van der Waals surface area contributed by atoms with E-state index in [1.165, 1.54) is 24.3 Å². The third-order valence-corrected chi connectivity index (χ3v) is 6.99. The minimum absolute atomic E-state index is 0.0290. The molecule has 10 nitrogen and oxygen atoms in total. The number of benzene rings is 1. The topological polar surface area (TPSA) is 122 Å². The molecule has 192 valence electrons. The fourth-order valence-electron chi connectivity index (χ4n) is 3.01. The average molecular weight is 537 g/mol. The second-order valence-electron chi connectivity index (χ2n) is 7.24. The van der Waals surface area contributed by atoms with Gasteiger partial charge in [-0.2, -0.15) is 0 Å². The van der Waals surface area contributed by atoms with Gasteiger partial charge in [-0.05, 0) is 50.6 Å². The third kappa shape index (κ3) is 6.61. The molecular weight excluding hydrogens is 511 g/mol. The first-order valence-electron chi connectivity index (χ1n) is 10.9. The van der Waals surface area contributed by atoms with Crippen molar-refractivity contribution in [1.29, 1.82) is 0 Å². The molecule has 1 amide bonds. The summed E-state index contributed by atoms with van der Waals surface area (Å²) in [7, 11) is 1.73. The van der Waals surface area contributed by atoms with Crippen molar-refractivity contribution in [2.45, 2.75) is 32.5 Å². The molecular formula is C23H25FN4O6S2. The van der Waals surface area contributed by atoms with Crippen LogP contribution in [0.4, 0.5) is 9.39 Å². The zero-order valence-corrected chi connectivity index (χ0v) is 21.8. The summed E-state index contributed by atoms with van der Waals surface area (Å²) in [6, 6.07) is 5.61. The molecule has 0 fully saturated rings. The molecule has 0 unspecified atom stereocenters. The lowest BCUT2D eigenvalue weighted by Crippen LogP contribution is -2.17. The number of aromatic nitrogens is 3. The van der Waals surface area contributed by atoms with Crippen molar-refractivity contribution in [2.24, 2.45) is 7.05 Å². The Morgan fingerprint density at radius 1 is 1.08 bits per heavy atom. The average Bonchev–Trinajstić information content (AvgIpc) is 3.36. The number of thiophene rings is 1. The van der Waals surface area contributed by atoms with Gasteiger partial charge in [0.2, 0.25) is 5.91 Å². The maximum Gasteiger partial charge on any atom is 0.348 e. The Balaban J connectivity index is 1.65. The normalized spacial score (nSPS) is 10.7. The molecule has 0 radical (unpaired) electrons. The van der Waals surface area contributed by atoms with Crippen molar-refractivity contribution < 1.29 is 33.0 Å². The van der Waals surface area contributed by atoms with Crippen LogP contribution in [0.3, 0.4) is 0 Å². The highest BCUT2D eigenvalue weighted by Crippen LogP contribution is 2.34. The summed E-state index contributed by atoms with van der Waals surface area (Å²) >= 11 is 2.10. The molecule has 36 heavy (non-hydrogen) atoms. The number of amides is 1. The summed E-state index contributed by atoms with van der Waals surface area (Å²) in [5.74, 6) is -1.01. The Bertz CT molecular complexity index is 1240. The molecule has 3 rings (SSSR count). The van der Waals surface area contributed by atoms with Gasteiger partial charge in [0.1, 0.15) is 28.1 Å². The Morgan fingerprint density at radius 3 is 2.42 bits per heavy atom. The first-order valence-corrected chi connectivity index (χ1v) is 12.7. The van der Waals surface area contributed by atoms with Gasteiger partial charge in [-0.3, -0.25) is 4.79 Å². The Morgan fingerprint density at radius 2 is 1.75 bits per heavy atom. The number of hydrogen-bond acceptors (Lipinski definition) is 10. The van der Waals surface area contributed by atoms with E-state index in [-0.39, 0.29) is 46.8 Å². The molecule has 0 spiro atoms. The van der Waals surface area contributed by atoms with Crippen LogP contribution < -0.4 is 10.1 Å². The van der Waals surface area contributed by atoms with E-state index in [9.17, 15) is 18.8 Å². The van der Waals surface area contributed by atoms with E-state index in [0.29, 0.717) is 22.3 Å². The SMILES string of the molecule is CCOC(=O)c1sc(NC(=O)CSc2nnc(COc3ccc(F)cc3)n2C)c(C(=O)OCC)c1C. The van der Waals surface area contributed by atoms with Crippen LogP contribution in [0.1, 0.15) is 45.3 Å². The van der Waals surface area contributed by atoms with Crippen LogP contribution in [0.2, 0.25) is 0 Å². The molecule has 0 aliphatic heterocycles. The molecule has 2 heterocycles. The Hall–Kier alpha value is -3.45. The van der Waals surface area contributed by atoms with Gasteiger partial charge in [0.25, 0.3) is 0 Å². The molecule has 0 aliphatic rings. The smallest absolute Gasteiger partial charge is 0.348 e. The van der Waals surface area contributed by atoms with Crippen LogP contribution in [0.5, 0.6) is 5.75 Å². The summed E-state index contributed by atoms with van der Waals surface area (Å²) in [6.07, 6.45) is 0. The third-order valence-electron chi connectivity index (χ3n) is 4.78. The van der Waals surface area contributed by atoms with Crippen molar-refractivity contribution in [3.8, 4) is 5.75 Å². The predicted molar refractivity (Wildman–Crippen MR) is 132 cm³/mol. The number of hydrogen-bond donors (Lipinski definition) is 1. The fourth-order valence-corrected chi connectivity index (χ4v) is 4.84. The van der Waals surface area contributed by atoms with Crippen molar-refractivity contribution >= 4 is 45.9 Å². The second-order valence-corrected chi connectivity index (χ2v) is 9.20. The monoisotopic (exact) mass is 536 g/mol. The van der Waals surface area contributed by atoms with Gasteiger partial charge in [-0.1, -0.05) is 11.8 Å². The quantitative estimate of drug-likeness (QED) is 0.286. The van der Waals surface area contributed by atoms with Crippen LogP contribution >= 0.6 is 23.1 Å². The van der Waals surface area contributed by atoms with Crippen LogP contribution in [-0.4, -0.2) is 51.6 Å². The second kappa shape index (κ2) is 12.5. The molecule has 0 saturated heterocycles. The van der Waals surface area contributed by atoms with E-state index in [0.717, 1.165) is 23.1 Å². The van der Waals surface area contributed by atoms with Gasteiger partial charge in [0.15, 0.2) is 11.0 Å². The number of anilines is 1. The molecule has 0 saturated carbocycles. The largest absolute Gasteiger partial charge is 0.486 e. The number of rotatable bonds is 11. The summed E-state index contributed by atoms with van der Waals surface area (Å²) in [5.41, 5.74) is 0.515. The van der Waals surface area contributed by atoms with E-state index in [1.54, 1.807) is 32.4 Å². The molecule has 13 heteroatoms. The van der Waals surface area contributed by atoms with Crippen LogP contribution in [0, 0.1) is 12.7 Å². The summed E-state index contributed by atoms with van der Waals surface area (Å²) in [4.78, 5) is 37.7. The number of halogens is 1. The first-order chi connectivity index (χ1) is 17.2. The van der Waals surface area contributed by atoms with Gasteiger partial charge in [-0.15, -0.1) is 21.5 Å². The van der Waals surface area contributed by atoms with Gasteiger partial charge < -0.3 is 24.1 Å². The van der Waals surface area contributed by atoms with E-state index in [4.69, 9.17) is 14.2 Å².